The zero-order chi connectivity index (χ0) is 19.1. The van der Waals surface area contributed by atoms with E-state index in [1.165, 1.54) is 24.3 Å². The molecule has 1 aromatic carbocycles. The van der Waals surface area contributed by atoms with Gasteiger partial charge < -0.3 is 9.88 Å². The number of pyridine rings is 1. The Hall–Kier alpha value is -2.47. The van der Waals surface area contributed by atoms with Crippen LogP contribution in [-0.4, -0.2) is 34.5 Å². The molecule has 2 bridgehead atoms. The van der Waals surface area contributed by atoms with Crippen LogP contribution in [0.4, 0.5) is 10.1 Å². The highest BCUT2D eigenvalue weighted by Crippen LogP contribution is 2.35. The lowest BCUT2D eigenvalue weighted by Gasteiger charge is -2.44. The van der Waals surface area contributed by atoms with Gasteiger partial charge in [0.15, 0.2) is 0 Å². The van der Waals surface area contributed by atoms with Crippen LogP contribution in [0.2, 0.25) is 0 Å². The highest BCUT2D eigenvalue weighted by molar-refractivity contribution is 6.04. The zero-order valence-electron chi connectivity index (χ0n) is 15.6. The summed E-state index contributed by atoms with van der Waals surface area (Å²) >= 11 is 0. The Bertz CT molecular complexity index is 920. The molecular weight excluding hydrogens is 345 g/mol. The maximum Gasteiger partial charge on any atom is 0.263 e. The number of carbonyl (C=O) groups excluding carboxylic acids is 1. The third kappa shape index (κ3) is 3.41. The molecule has 6 heteroatoms. The standard InChI is InChI=1S/C21H24FN3O2/c1-13(2)24-10-14-9-15(12-24)19-8-7-18(21(27)25(19)11-14)20(26)23-17-5-3-16(22)4-6-17/h3-8,13-15H,9-12H2,1-2H3,(H,23,26)/t14-,15-/m1/s1. The number of nitrogens with zero attached hydrogens (tertiary/aromatic N) is 2. The third-order valence-corrected chi connectivity index (χ3v) is 5.71. The normalized spacial score (nSPS) is 21.8. The van der Waals surface area contributed by atoms with Gasteiger partial charge in [-0.05, 0) is 62.6 Å². The van der Waals surface area contributed by atoms with Gasteiger partial charge in [-0.15, -0.1) is 0 Å². The molecule has 2 aliphatic heterocycles. The molecule has 3 heterocycles. The van der Waals surface area contributed by atoms with Crippen LogP contribution < -0.4 is 10.9 Å². The molecule has 0 spiro atoms. The molecule has 1 N–H and O–H groups in total. The summed E-state index contributed by atoms with van der Waals surface area (Å²) in [7, 11) is 0. The van der Waals surface area contributed by atoms with Gasteiger partial charge in [-0.3, -0.25) is 14.5 Å². The average Bonchev–Trinajstić information content (AvgIpc) is 2.64. The van der Waals surface area contributed by atoms with E-state index in [2.05, 4.69) is 24.1 Å². The van der Waals surface area contributed by atoms with Crippen molar-refractivity contribution in [2.45, 2.75) is 38.8 Å². The summed E-state index contributed by atoms with van der Waals surface area (Å²) in [5, 5.41) is 2.68. The van der Waals surface area contributed by atoms with Crippen LogP contribution in [0.25, 0.3) is 0 Å². The monoisotopic (exact) mass is 369 g/mol. The van der Waals surface area contributed by atoms with Crippen molar-refractivity contribution in [1.82, 2.24) is 9.47 Å². The zero-order valence-corrected chi connectivity index (χ0v) is 15.6. The first-order valence-electron chi connectivity index (χ1n) is 9.47. The number of amides is 1. The van der Waals surface area contributed by atoms with Crippen molar-refractivity contribution in [1.29, 1.82) is 0 Å². The SMILES string of the molecule is CC(C)N1C[C@H]2C[C@H](C1)c1ccc(C(=O)Nc3ccc(F)cc3)c(=O)n1C2. The average molecular weight is 369 g/mol. The van der Waals surface area contributed by atoms with Crippen LogP contribution in [0.5, 0.6) is 0 Å². The summed E-state index contributed by atoms with van der Waals surface area (Å²) < 4.78 is 14.8. The van der Waals surface area contributed by atoms with Gasteiger partial charge in [-0.1, -0.05) is 0 Å². The third-order valence-electron chi connectivity index (χ3n) is 5.71. The summed E-state index contributed by atoms with van der Waals surface area (Å²) in [4.78, 5) is 28.0. The molecule has 0 saturated carbocycles. The Labute approximate surface area is 157 Å². The molecule has 27 heavy (non-hydrogen) atoms. The topological polar surface area (TPSA) is 54.3 Å². The summed E-state index contributed by atoms with van der Waals surface area (Å²) in [6.45, 7) is 7.01. The molecule has 1 fully saturated rings. The number of hydrogen-bond acceptors (Lipinski definition) is 3. The predicted octanol–water partition coefficient (Wildman–Crippen LogP) is 3.07. The lowest BCUT2D eigenvalue weighted by molar-refractivity contribution is 0.0935. The van der Waals surface area contributed by atoms with Crippen LogP contribution in [0, 0.1) is 11.7 Å². The van der Waals surface area contributed by atoms with Crippen LogP contribution >= 0.6 is 0 Å². The van der Waals surface area contributed by atoms with Crippen molar-refractivity contribution in [3.63, 3.8) is 0 Å². The van der Waals surface area contributed by atoms with Crippen LogP contribution in [-0.2, 0) is 6.54 Å². The first-order valence-corrected chi connectivity index (χ1v) is 9.47. The van der Waals surface area contributed by atoms with E-state index < -0.39 is 5.91 Å². The van der Waals surface area contributed by atoms with E-state index in [-0.39, 0.29) is 16.9 Å². The number of carbonyl (C=O) groups is 1. The van der Waals surface area contributed by atoms with Gasteiger partial charge in [0.25, 0.3) is 11.5 Å². The number of anilines is 1. The van der Waals surface area contributed by atoms with Gasteiger partial charge in [-0.2, -0.15) is 0 Å². The van der Waals surface area contributed by atoms with Gasteiger partial charge in [0.05, 0.1) is 0 Å². The quantitative estimate of drug-likeness (QED) is 0.905. The predicted molar refractivity (Wildman–Crippen MR) is 103 cm³/mol. The van der Waals surface area contributed by atoms with Crippen molar-refractivity contribution >= 4 is 11.6 Å². The summed E-state index contributed by atoms with van der Waals surface area (Å²) in [6, 6.07) is 9.55. The number of nitrogens with one attached hydrogen (secondary N) is 1. The number of halogens is 1. The first-order chi connectivity index (χ1) is 12.9. The van der Waals surface area contributed by atoms with E-state index in [0.717, 1.165) is 25.2 Å². The van der Waals surface area contributed by atoms with Gasteiger partial charge >= 0.3 is 0 Å². The fraction of sp³-hybridized carbons (Fsp3) is 0.429. The second-order valence-corrected chi connectivity index (χ2v) is 7.89. The summed E-state index contributed by atoms with van der Waals surface area (Å²) in [6.07, 6.45) is 1.10. The molecule has 2 aromatic rings. The van der Waals surface area contributed by atoms with Gasteiger partial charge in [0.2, 0.25) is 0 Å². The highest BCUT2D eigenvalue weighted by Gasteiger charge is 2.36. The second-order valence-electron chi connectivity index (χ2n) is 7.89. The molecule has 0 unspecified atom stereocenters. The molecule has 1 aromatic heterocycles. The van der Waals surface area contributed by atoms with E-state index >= 15 is 0 Å². The number of hydrogen-bond donors (Lipinski definition) is 1. The molecule has 0 aliphatic carbocycles. The first kappa shape index (κ1) is 17.9. The van der Waals surface area contributed by atoms with Crippen LogP contribution in [0.1, 0.15) is 42.2 Å². The van der Waals surface area contributed by atoms with Crippen molar-refractivity contribution < 1.29 is 9.18 Å². The fourth-order valence-electron chi connectivity index (χ4n) is 4.31. The molecule has 2 aliphatic rings. The molecule has 4 rings (SSSR count). The Morgan fingerprint density at radius 1 is 1.11 bits per heavy atom. The molecular formula is C21H24FN3O2. The Kier molecular flexibility index (Phi) is 4.60. The largest absolute Gasteiger partial charge is 0.322 e. The van der Waals surface area contributed by atoms with Crippen molar-refractivity contribution in [2.24, 2.45) is 5.92 Å². The number of rotatable bonds is 3. The molecule has 142 valence electrons. The Morgan fingerprint density at radius 3 is 2.56 bits per heavy atom. The summed E-state index contributed by atoms with van der Waals surface area (Å²) in [5.41, 5.74) is 1.39. The van der Waals surface area contributed by atoms with E-state index in [9.17, 15) is 14.0 Å². The maximum absolute atomic E-state index is 13.0. The van der Waals surface area contributed by atoms with E-state index in [0.29, 0.717) is 30.1 Å². The number of fused-ring (bicyclic) bond motifs is 4. The Morgan fingerprint density at radius 2 is 1.85 bits per heavy atom. The molecule has 1 saturated heterocycles. The molecule has 0 radical (unpaired) electrons. The summed E-state index contributed by atoms with van der Waals surface area (Å²) in [5.74, 6) is -0.0566. The van der Waals surface area contributed by atoms with Gasteiger partial charge in [0.1, 0.15) is 11.4 Å². The van der Waals surface area contributed by atoms with E-state index in [1.54, 1.807) is 10.6 Å². The minimum atomic E-state index is -0.457. The number of aromatic nitrogens is 1. The molecule has 5 nitrogen and oxygen atoms in total. The lowest BCUT2D eigenvalue weighted by Crippen LogP contribution is -2.49. The van der Waals surface area contributed by atoms with Gasteiger partial charge in [-0.25, -0.2) is 4.39 Å². The van der Waals surface area contributed by atoms with Crippen molar-refractivity contribution in [2.75, 3.05) is 18.4 Å². The molecule has 2 atom stereocenters. The minimum absolute atomic E-state index is 0.128. The highest BCUT2D eigenvalue weighted by atomic mass is 19.1. The number of benzene rings is 1. The van der Waals surface area contributed by atoms with E-state index in [4.69, 9.17) is 0 Å². The Balaban J connectivity index is 1.61. The second kappa shape index (κ2) is 6.93. The smallest absolute Gasteiger partial charge is 0.263 e. The molecule has 1 amide bonds. The number of likely N-dealkylation sites (tertiary alicyclic amines) is 1. The van der Waals surface area contributed by atoms with Crippen LogP contribution in [0.15, 0.2) is 41.2 Å². The van der Waals surface area contributed by atoms with Gasteiger partial charge in [0, 0.05) is 43.0 Å². The maximum atomic E-state index is 13.0. The number of piperidine rings is 1. The fourth-order valence-corrected chi connectivity index (χ4v) is 4.31. The van der Waals surface area contributed by atoms with E-state index in [1.807, 2.05) is 6.07 Å². The van der Waals surface area contributed by atoms with Crippen LogP contribution in [0.3, 0.4) is 0 Å². The van der Waals surface area contributed by atoms with Crippen molar-refractivity contribution in [3.05, 3.63) is 63.8 Å². The lowest BCUT2D eigenvalue weighted by atomic mass is 9.82. The minimum Gasteiger partial charge on any atom is -0.322 e. The van der Waals surface area contributed by atoms with Crippen molar-refractivity contribution in [3.8, 4) is 0 Å².